The molecule has 0 spiro atoms. The average molecular weight is 345 g/mol. The Labute approximate surface area is 141 Å². The highest BCUT2D eigenvalue weighted by Gasteiger charge is 2.24. The number of hydrogen-bond donors (Lipinski definition) is 1. The van der Waals surface area contributed by atoms with Gasteiger partial charge in [0.05, 0.1) is 16.6 Å². The van der Waals surface area contributed by atoms with E-state index in [1.807, 2.05) is 11.8 Å². The maximum absolute atomic E-state index is 12.2. The van der Waals surface area contributed by atoms with Crippen LogP contribution in [0.15, 0.2) is 18.2 Å². The van der Waals surface area contributed by atoms with Crippen molar-refractivity contribution in [3.8, 4) is 5.75 Å². The average Bonchev–Trinajstić information content (AvgIpc) is 2.49. The van der Waals surface area contributed by atoms with Crippen LogP contribution < -0.4 is 10.5 Å². The maximum atomic E-state index is 12.2. The number of halogens is 2. The molecule has 2 N–H and O–H groups in total. The fraction of sp³-hybridized carbons (Fsp3) is 0.562. The molecule has 0 aliphatic carbocycles. The number of ether oxygens (including phenoxy) is 1. The van der Waals surface area contributed by atoms with Gasteiger partial charge in [0, 0.05) is 25.1 Å². The number of carbonyl (C=O) groups is 1. The number of likely N-dealkylation sites (tertiary alicyclic amines) is 1. The van der Waals surface area contributed by atoms with Gasteiger partial charge in [0.15, 0.2) is 0 Å². The lowest BCUT2D eigenvalue weighted by atomic mass is 10.1. The molecule has 1 fully saturated rings. The van der Waals surface area contributed by atoms with Gasteiger partial charge in [-0.1, -0.05) is 23.2 Å². The van der Waals surface area contributed by atoms with Gasteiger partial charge in [-0.15, -0.1) is 0 Å². The van der Waals surface area contributed by atoms with Crippen molar-refractivity contribution in [2.24, 2.45) is 5.73 Å². The van der Waals surface area contributed by atoms with E-state index in [0.717, 1.165) is 19.4 Å². The smallest absolute Gasteiger partial charge is 0.222 e. The van der Waals surface area contributed by atoms with Crippen LogP contribution in [0.5, 0.6) is 5.75 Å². The van der Waals surface area contributed by atoms with Gasteiger partial charge in [-0.2, -0.15) is 0 Å². The lowest BCUT2D eigenvalue weighted by molar-refractivity contribution is -0.134. The summed E-state index contributed by atoms with van der Waals surface area (Å²) in [5.74, 6) is 0.837. The number of rotatable bonds is 5. The van der Waals surface area contributed by atoms with Crippen molar-refractivity contribution < 1.29 is 9.53 Å². The molecule has 1 aliphatic rings. The summed E-state index contributed by atoms with van der Waals surface area (Å²) < 4.78 is 5.94. The molecular formula is C16H22Cl2N2O2. The zero-order chi connectivity index (χ0) is 16.1. The van der Waals surface area contributed by atoms with Crippen LogP contribution in [0, 0.1) is 0 Å². The van der Waals surface area contributed by atoms with Crippen molar-refractivity contribution in [2.45, 2.75) is 44.8 Å². The van der Waals surface area contributed by atoms with Gasteiger partial charge in [0.25, 0.3) is 0 Å². The second-order valence-electron chi connectivity index (χ2n) is 5.81. The fourth-order valence-corrected chi connectivity index (χ4v) is 2.80. The van der Waals surface area contributed by atoms with Gasteiger partial charge in [-0.05, 0) is 38.3 Å². The summed E-state index contributed by atoms with van der Waals surface area (Å²) in [5, 5.41) is 0.977. The Bertz CT molecular complexity index is 523. The quantitative estimate of drug-likeness (QED) is 0.889. The van der Waals surface area contributed by atoms with E-state index < -0.39 is 0 Å². The van der Waals surface area contributed by atoms with Crippen molar-refractivity contribution in [1.29, 1.82) is 0 Å². The number of benzene rings is 1. The molecule has 2 unspecified atom stereocenters. The van der Waals surface area contributed by atoms with Crippen LogP contribution in [0.4, 0.5) is 0 Å². The first kappa shape index (κ1) is 17.4. The molecule has 1 heterocycles. The Hall–Kier alpha value is -0.970. The topological polar surface area (TPSA) is 55.6 Å². The van der Waals surface area contributed by atoms with E-state index in [9.17, 15) is 4.79 Å². The van der Waals surface area contributed by atoms with Crippen molar-refractivity contribution in [3.63, 3.8) is 0 Å². The Morgan fingerprint density at radius 1 is 1.45 bits per heavy atom. The number of nitrogens with zero attached hydrogens (tertiary/aromatic N) is 1. The first-order valence-electron chi connectivity index (χ1n) is 7.60. The largest absolute Gasteiger partial charge is 0.489 e. The van der Waals surface area contributed by atoms with E-state index in [1.165, 1.54) is 0 Å². The molecule has 1 aromatic carbocycles. The lowest BCUT2D eigenvalue weighted by Crippen LogP contribution is -2.44. The molecule has 0 saturated carbocycles. The summed E-state index contributed by atoms with van der Waals surface area (Å²) in [7, 11) is 0. The Morgan fingerprint density at radius 3 is 2.91 bits per heavy atom. The molecule has 0 bridgehead atoms. The van der Waals surface area contributed by atoms with Gasteiger partial charge in [-0.3, -0.25) is 4.79 Å². The van der Waals surface area contributed by atoms with E-state index in [-0.39, 0.29) is 18.1 Å². The predicted molar refractivity (Wildman–Crippen MR) is 89.6 cm³/mol. The number of hydrogen-bond acceptors (Lipinski definition) is 3. The van der Waals surface area contributed by atoms with E-state index in [4.69, 9.17) is 33.7 Å². The molecule has 0 aromatic heterocycles. The molecular weight excluding hydrogens is 323 g/mol. The van der Waals surface area contributed by atoms with Crippen LogP contribution in [-0.4, -0.2) is 36.0 Å². The van der Waals surface area contributed by atoms with Crippen molar-refractivity contribution in [3.05, 3.63) is 28.2 Å². The molecule has 0 radical (unpaired) electrons. The van der Waals surface area contributed by atoms with E-state index in [1.54, 1.807) is 18.2 Å². The summed E-state index contributed by atoms with van der Waals surface area (Å²) in [6, 6.07) is 5.27. The molecule has 22 heavy (non-hydrogen) atoms. The minimum Gasteiger partial charge on any atom is -0.489 e. The van der Waals surface area contributed by atoms with Gasteiger partial charge >= 0.3 is 0 Å². The first-order chi connectivity index (χ1) is 10.5. The minimum atomic E-state index is -0.00904. The number of amides is 1. The van der Waals surface area contributed by atoms with Crippen LogP contribution in [0.2, 0.25) is 10.0 Å². The summed E-state index contributed by atoms with van der Waals surface area (Å²) in [4.78, 5) is 14.0. The highest BCUT2D eigenvalue weighted by atomic mass is 35.5. The molecule has 1 saturated heterocycles. The Morgan fingerprint density at radius 2 is 2.23 bits per heavy atom. The van der Waals surface area contributed by atoms with Gasteiger partial charge < -0.3 is 15.4 Å². The van der Waals surface area contributed by atoms with Gasteiger partial charge in [-0.25, -0.2) is 0 Å². The van der Waals surface area contributed by atoms with Crippen molar-refractivity contribution >= 4 is 29.1 Å². The van der Waals surface area contributed by atoms with Crippen LogP contribution in [0.1, 0.15) is 32.6 Å². The minimum absolute atomic E-state index is 0.00904. The summed E-state index contributed by atoms with van der Waals surface area (Å²) in [5.41, 5.74) is 5.71. The third-order valence-electron chi connectivity index (χ3n) is 3.74. The maximum Gasteiger partial charge on any atom is 0.222 e. The third kappa shape index (κ3) is 5.04. The summed E-state index contributed by atoms with van der Waals surface area (Å²) >= 11 is 11.9. The SMILES string of the molecule is CC(N)CCC(=O)N1CCCC(Oc2ccc(Cl)c(Cl)c2)C1. The van der Waals surface area contributed by atoms with Gasteiger partial charge in [0.2, 0.25) is 5.91 Å². The standard InChI is InChI=1S/C16H22Cl2N2O2/c1-11(19)4-7-16(21)20-8-2-3-13(10-20)22-12-5-6-14(17)15(18)9-12/h5-6,9,11,13H,2-4,7-8,10,19H2,1H3. The van der Waals surface area contributed by atoms with Crippen LogP contribution in [-0.2, 0) is 4.79 Å². The number of piperidine rings is 1. The molecule has 2 atom stereocenters. The molecule has 1 aliphatic heterocycles. The van der Waals surface area contributed by atoms with E-state index >= 15 is 0 Å². The second-order valence-corrected chi connectivity index (χ2v) is 6.63. The molecule has 122 valence electrons. The Balaban J connectivity index is 1.90. The molecule has 1 aromatic rings. The third-order valence-corrected chi connectivity index (χ3v) is 4.48. The summed E-state index contributed by atoms with van der Waals surface area (Å²) in [6.07, 6.45) is 3.07. The summed E-state index contributed by atoms with van der Waals surface area (Å²) in [6.45, 7) is 3.32. The van der Waals surface area contributed by atoms with Crippen molar-refractivity contribution in [2.75, 3.05) is 13.1 Å². The zero-order valence-corrected chi connectivity index (χ0v) is 14.2. The molecule has 2 rings (SSSR count). The fourth-order valence-electron chi connectivity index (χ4n) is 2.51. The molecule has 1 amide bonds. The highest BCUT2D eigenvalue weighted by Crippen LogP contribution is 2.28. The lowest BCUT2D eigenvalue weighted by Gasteiger charge is -2.33. The molecule has 6 heteroatoms. The van der Waals surface area contributed by atoms with E-state index in [0.29, 0.717) is 35.2 Å². The van der Waals surface area contributed by atoms with E-state index in [2.05, 4.69) is 0 Å². The zero-order valence-electron chi connectivity index (χ0n) is 12.7. The predicted octanol–water partition coefficient (Wildman–Crippen LogP) is 3.49. The number of carbonyl (C=O) groups excluding carboxylic acids is 1. The van der Waals surface area contributed by atoms with Crippen LogP contribution in [0.3, 0.4) is 0 Å². The molecule has 4 nitrogen and oxygen atoms in total. The van der Waals surface area contributed by atoms with Crippen molar-refractivity contribution in [1.82, 2.24) is 4.90 Å². The van der Waals surface area contributed by atoms with Crippen LogP contribution in [0.25, 0.3) is 0 Å². The normalized spacial score (nSPS) is 19.8. The first-order valence-corrected chi connectivity index (χ1v) is 8.36. The Kier molecular flexibility index (Phi) is 6.36. The second kappa shape index (κ2) is 8.04. The highest BCUT2D eigenvalue weighted by molar-refractivity contribution is 6.42. The van der Waals surface area contributed by atoms with Crippen LogP contribution >= 0.6 is 23.2 Å². The number of nitrogens with two attached hydrogens (primary N) is 1. The monoisotopic (exact) mass is 344 g/mol. The van der Waals surface area contributed by atoms with Gasteiger partial charge in [0.1, 0.15) is 11.9 Å².